The van der Waals surface area contributed by atoms with E-state index in [9.17, 15) is 12.8 Å². The molecule has 0 radical (unpaired) electrons. The van der Waals surface area contributed by atoms with Crippen LogP contribution < -0.4 is 0 Å². The van der Waals surface area contributed by atoms with Crippen LogP contribution in [0.4, 0.5) is 4.39 Å². The summed E-state index contributed by atoms with van der Waals surface area (Å²) >= 11 is 0. The van der Waals surface area contributed by atoms with Gasteiger partial charge in [0, 0.05) is 28.1 Å². The van der Waals surface area contributed by atoms with Gasteiger partial charge in [0.1, 0.15) is 10.7 Å². The van der Waals surface area contributed by atoms with E-state index in [1.165, 1.54) is 12.3 Å². The Morgan fingerprint density at radius 2 is 2.00 bits per heavy atom. The minimum atomic E-state index is -4.13. The number of aromatic nitrogens is 2. The molecule has 0 spiro atoms. The van der Waals surface area contributed by atoms with Crippen molar-refractivity contribution in [3.8, 4) is 11.4 Å². The first kappa shape index (κ1) is 12.9. The van der Waals surface area contributed by atoms with Gasteiger partial charge in [0.2, 0.25) is 0 Å². The van der Waals surface area contributed by atoms with Crippen molar-refractivity contribution < 1.29 is 12.8 Å². The molecule has 0 atom stereocenters. The molecule has 18 heavy (non-hydrogen) atoms. The van der Waals surface area contributed by atoms with E-state index < -0.39 is 19.8 Å². The summed E-state index contributed by atoms with van der Waals surface area (Å²) in [7, 11) is 1.01. The number of halogens is 2. The minimum absolute atomic E-state index is 0.316. The van der Waals surface area contributed by atoms with Gasteiger partial charge in [0.05, 0.1) is 0 Å². The van der Waals surface area contributed by atoms with Gasteiger partial charge in [-0.15, -0.1) is 0 Å². The van der Waals surface area contributed by atoms with Gasteiger partial charge in [0.15, 0.2) is 5.82 Å². The van der Waals surface area contributed by atoms with Crippen LogP contribution in [-0.2, 0) is 9.05 Å². The van der Waals surface area contributed by atoms with Gasteiger partial charge in [-0.25, -0.2) is 22.8 Å². The second kappa shape index (κ2) is 4.62. The first-order chi connectivity index (χ1) is 8.38. The van der Waals surface area contributed by atoms with Crippen LogP contribution in [0, 0.1) is 12.7 Å². The summed E-state index contributed by atoms with van der Waals surface area (Å²) in [4.78, 5) is 7.54. The predicted molar refractivity (Wildman–Crippen MR) is 65.2 cm³/mol. The third kappa shape index (κ3) is 2.65. The highest BCUT2D eigenvalue weighted by Gasteiger charge is 2.17. The Bertz CT molecular complexity index is 704. The summed E-state index contributed by atoms with van der Waals surface area (Å²) in [5, 5.41) is 0. The molecule has 4 nitrogen and oxygen atoms in total. The molecule has 1 aromatic carbocycles. The normalized spacial score (nSPS) is 11.5. The minimum Gasteiger partial charge on any atom is -0.237 e. The van der Waals surface area contributed by atoms with Gasteiger partial charge in [-0.1, -0.05) is 0 Å². The maximum absolute atomic E-state index is 13.4. The van der Waals surface area contributed by atoms with Crippen molar-refractivity contribution in [1.82, 2.24) is 9.97 Å². The monoisotopic (exact) mass is 286 g/mol. The molecule has 0 aliphatic carbocycles. The van der Waals surface area contributed by atoms with E-state index in [1.807, 2.05) is 0 Å². The lowest BCUT2D eigenvalue weighted by Gasteiger charge is -2.04. The summed E-state index contributed by atoms with van der Waals surface area (Å²) in [6.07, 6.45) is 1.54. The van der Waals surface area contributed by atoms with Crippen molar-refractivity contribution in [3.63, 3.8) is 0 Å². The van der Waals surface area contributed by atoms with Gasteiger partial charge < -0.3 is 0 Å². The van der Waals surface area contributed by atoms with E-state index in [4.69, 9.17) is 10.7 Å². The Morgan fingerprint density at radius 3 is 2.61 bits per heavy atom. The molecule has 2 rings (SSSR count). The quantitative estimate of drug-likeness (QED) is 0.796. The van der Waals surface area contributed by atoms with Crippen molar-refractivity contribution in [2.24, 2.45) is 0 Å². The average Bonchev–Trinajstić information content (AvgIpc) is 2.28. The molecule has 0 unspecified atom stereocenters. The van der Waals surface area contributed by atoms with Crippen LogP contribution in [0.5, 0.6) is 0 Å². The Morgan fingerprint density at radius 1 is 1.28 bits per heavy atom. The molecule has 0 N–H and O–H groups in total. The zero-order valence-corrected chi connectivity index (χ0v) is 10.8. The summed E-state index contributed by atoms with van der Waals surface area (Å²) in [6, 6.07) is 5.24. The summed E-state index contributed by atoms with van der Waals surface area (Å²) in [6.45, 7) is 1.77. The molecule has 0 saturated heterocycles. The Hall–Kier alpha value is -1.53. The lowest BCUT2D eigenvalue weighted by Crippen LogP contribution is -1.97. The highest BCUT2D eigenvalue weighted by molar-refractivity contribution is 8.13. The third-order valence-electron chi connectivity index (χ3n) is 2.25. The number of hydrogen-bond donors (Lipinski definition) is 0. The fraction of sp³-hybridized carbons (Fsp3) is 0.0909. The molecule has 0 fully saturated rings. The van der Waals surface area contributed by atoms with Gasteiger partial charge in [-0.2, -0.15) is 0 Å². The van der Waals surface area contributed by atoms with Gasteiger partial charge in [-0.3, -0.25) is 0 Å². The highest BCUT2D eigenvalue weighted by atomic mass is 35.7. The van der Waals surface area contributed by atoms with E-state index >= 15 is 0 Å². The lowest BCUT2D eigenvalue weighted by atomic mass is 10.2. The predicted octanol–water partition coefficient (Wildman–Crippen LogP) is 2.52. The molecule has 2 aromatic rings. The zero-order valence-electron chi connectivity index (χ0n) is 9.26. The Labute approximate surface area is 108 Å². The number of hydrogen-bond acceptors (Lipinski definition) is 4. The van der Waals surface area contributed by atoms with E-state index in [0.717, 1.165) is 17.8 Å². The summed E-state index contributed by atoms with van der Waals surface area (Å²) in [5.41, 5.74) is 1.11. The van der Waals surface area contributed by atoms with Crippen LogP contribution in [-0.4, -0.2) is 18.4 Å². The number of benzene rings is 1. The van der Waals surface area contributed by atoms with Crippen molar-refractivity contribution >= 4 is 19.7 Å². The standard InChI is InChI=1S/C11H8ClFN2O2S/c1-7-4-5-14-11(15-7)8-2-3-9(13)10(6-8)18(12,16)17/h2-6H,1H3. The van der Waals surface area contributed by atoms with Crippen LogP contribution in [0.25, 0.3) is 11.4 Å². The van der Waals surface area contributed by atoms with E-state index in [1.54, 1.807) is 13.0 Å². The molecule has 7 heteroatoms. The Balaban J connectivity index is 2.61. The lowest BCUT2D eigenvalue weighted by molar-refractivity contribution is 0.576. The molecule has 0 amide bonds. The van der Waals surface area contributed by atoms with Gasteiger partial charge >= 0.3 is 0 Å². The topological polar surface area (TPSA) is 59.9 Å². The summed E-state index contributed by atoms with van der Waals surface area (Å²) < 4.78 is 35.7. The molecule has 1 heterocycles. The van der Waals surface area contributed by atoms with Crippen LogP contribution >= 0.6 is 10.7 Å². The SMILES string of the molecule is Cc1ccnc(-c2ccc(F)c(S(=O)(=O)Cl)c2)n1. The number of aryl methyl sites for hydroxylation is 1. The van der Waals surface area contributed by atoms with Crippen LogP contribution in [0.2, 0.25) is 0 Å². The van der Waals surface area contributed by atoms with Crippen LogP contribution in [0.3, 0.4) is 0 Å². The summed E-state index contributed by atoms with van der Waals surface area (Å²) in [5.74, 6) is -0.585. The molecule has 0 aliphatic rings. The molecule has 0 bridgehead atoms. The highest BCUT2D eigenvalue weighted by Crippen LogP contribution is 2.24. The molecule has 0 saturated carbocycles. The van der Waals surface area contributed by atoms with E-state index in [-0.39, 0.29) is 0 Å². The smallest absolute Gasteiger partial charge is 0.237 e. The Kier molecular flexibility index (Phi) is 3.32. The van der Waals surface area contributed by atoms with Gasteiger partial charge in [-0.05, 0) is 31.2 Å². The number of nitrogens with zero attached hydrogens (tertiary/aromatic N) is 2. The zero-order chi connectivity index (χ0) is 13.3. The fourth-order valence-corrected chi connectivity index (χ4v) is 2.34. The van der Waals surface area contributed by atoms with Crippen molar-refractivity contribution in [3.05, 3.63) is 42.0 Å². The van der Waals surface area contributed by atoms with Crippen LogP contribution in [0.1, 0.15) is 5.69 Å². The molecule has 94 valence electrons. The van der Waals surface area contributed by atoms with Crippen molar-refractivity contribution in [2.45, 2.75) is 11.8 Å². The first-order valence-corrected chi connectivity index (χ1v) is 7.23. The second-order valence-corrected chi connectivity index (χ2v) is 6.14. The second-order valence-electron chi connectivity index (χ2n) is 3.60. The molecule has 0 aliphatic heterocycles. The average molecular weight is 287 g/mol. The molecular formula is C11H8ClFN2O2S. The van der Waals surface area contributed by atoms with E-state index in [2.05, 4.69) is 9.97 Å². The number of rotatable bonds is 2. The van der Waals surface area contributed by atoms with E-state index in [0.29, 0.717) is 11.4 Å². The molecular weight excluding hydrogens is 279 g/mol. The van der Waals surface area contributed by atoms with Crippen molar-refractivity contribution in [2.75, 3.05) is 0 Å². The maximum atomic E-state index is 13.4. The third-order valence-corrected chi connectivity index (χ3v) is 3.58. The maximum Gasteiger partial charge on any atom is 0.264 e. The van der Waals surface area contributed by atoms with Crippen LogP contribution in [0.15, 0.2) is 35.4 Å². The molecule has 1 aromatic heterocycles. The first-order valence-electron chi connectivity index (χ1n) is 4.92. The largest absolute Gasteiger partial charge is 0.264 e. The fourth-order valence-electron chi connectivity index (χ4n) is 1.42. The van der Waals surface area contributed by atoms with Crippen molar-refractivity contribution in [1.29, 1.82) is 0 Å². The van der Waals surface area contributed by atoms with Gasteiger partial charge in [0.25, 0.3) is 9.05 Å².